The van der Waals surface area contributed by atoms with Crippen LogP contribution in [0, 0.1) is 6.92 Å². The number of fused-ring (bicyclic) bond motifs is 2. The van der Waals surface area contributed by atoms with Crippen molar-refractivity contribution in [1.29, 1.82) is 0 Å². The van der Waals surface area contributed by atoms with Gasteiger partial charge in [0.15, 0.2) is 5.88 Å². The molecule has 2 atom stereocenters. The van der Waals surface area contributed by atoms with E-state index in [1.54, 1.807) is 26.2 Å². The van der Waals surface area contributed by atoms with E-state index in [4.69, 9.17) is 24.2 Å². The molecule has 0 aromatic carbocycles. The third-order valence-corrected chi connectivity index (χ3v) is 10.5. The topological polar surface area (TPSA) is 115 Å². The fourth-order valence-electron chi connectivity index (χ4n) is 4.64. The lowest BCUT2D eigenvalue weighted by atomic mass is 10.2. The molecule has 0 amide bonds. The molecule has 1 N–H and O–H groups in total. The van der Waals surface area contributed by atoms with Gasteiger partial charge in [-0.1, -0.05) is 19.6 Å². The van der Waals surface area contributed by atoms with E-state index in [1.165, 1.54) is 0 Å². The maximum atomic E-state index is 12.8. The number of carbonyl (C=O) groups excluding carboxylic acids is 1. The number of hydrogen-bond donors (Lipinski definition) is 1. The van der Waals surface area contributed by atoms with Crippen molar-refractivity contribution in [2.75, 3.05) is 20.3 Å². The molecule has 0 radical (unpaired) electrons. The number of pyridine rings is 2. The predicted octanol–water partition coefficient (Wildman–Crippen LogP) is 6.27. The lowest BCUT2D eigenvalue weighted by Gasteiger charge is -2.26. The average molecular weight is 628 g/mol. The molecule has 0 saturated heterocycles. The van der Waals surface area contributed by atoms with Gasteiger partial charge in [0.1, 0.15) is 28.5 Å². The van der Waals surface area contributed by atoms with Crippen molar-refractivity contribution in [1.82, 2.24) is 23.7 Å². The predicted molar refractivity (Wildman–Crippen MR) is 175 cm³/mol. The molecule has 0 aliphatic heterocycles. The summed E-state index contributed by atoms with van der Waals surface area (Å²) in [5, 5.41) is 0.937. The van der Waals surface area contributed by atoms with Gasteiger partial charge < -0.3 is 18.8 Å². The van der Waals surface area contributed by atoms with Crippen LogP contribution in [0.2, 0.25) is 25.7 Å². The number of hydrogen-bond acceptors (Lipinski definition) is 8. The molecule has 0 saturated carbocycles. The third-order valence-electron chi connectivity index (χ3n) is 7.15. The smallest absolute Gasteiger partial charge is 0.338 e. The number of esters is 1. The van der Waals surface area contributed by atoms with Crippen LogP contribution < -0.4 is 9.46 Å². The summed E-state index contributed by atoms with van der Waals surface area (Å²) >= 11 is -1.24. The molecule has 234 valence electrons. The normalized spacial score (nSPS) is 13.9. The van der Waals surface area contributed by atoms with Gasteiger partial charge >= 0.3 is 5.97 Å². The third kappa shape index (κ3) is 7.43. The van der Waals surface area contributed by atoms with E-state index < -0.39 is 30.2 Å². The highest BCUT2D eigenvalue weighted by atomic mass is 32.2. The highest BCUT2D eigenvalue weighted by Gasteiger charge is 2.29. The SMILES string of the molecule is CCOC(=O)c1cc(OC)n2c(C)c(-c3cc4ccc([C@@H](C)N[S@@+]([O-])C(C)(C)C)nc4n3COCC[Si](C)(C)C)nc2c1. The summed E-state index contributed by atoms with van der Waals surface area (Å²) in [5.74, 6) is 0.0558. The Balaban J connectivity index is 1.83. The van der Waals surface area contributed by atoms with E-state index in [1.807, 2.05) is 55.7 Å². The monoisotopic (exact) mass is 627 g/mol. The summed E-state index contributed by atoms with van der Waals surface area (Å²) in [6.45, 7) is 19.8. The number of ether oxygens (including phenoxy) is 3. The Kier molecular flexibility index (Phi) is 9.97. The Bertz CT molecular complexity index is 1600. The van der Waals surface area contributed by atoms with Crippen LogP contribution in [0.3, 0.4) is 0 Å². The van der Waals surface area contributed by atoms with Gasteiger partial charge in [-0.15, -0.1) is 4.72 Å². The summed E-state index contributed by atoms with van der Waals surface area (Å²) in [6.07, 6.45) is 0. The van der Waals surface area contributed by atoms with Gasteiger partial charge in [0.05, 0.1) is 42.4 Å². The quantitative estimate of drug-likeness (QED) is 0.0846. The number of methoxy groups -OCH3 is 1. The number of aromatic nitrogens is 4. The number of imidazole rings is 1. The number of aryl methyl sites for hydroxylation is 1. The Morgan fingerprint density at radius 3 is 2.51 bits per heavy atom. The van der Waals surface area contributed by atoms with Crippen LogP contribution in [0.25, 0.3) is 28.1 Å². The van der Waals surface area contributed by atoms with Crippen LogP contribution in [0.15, 0.2) is 30.3 Å². The lowest BCUT2D eigenvalue weighted by Crippen LogP contribution is -2.40. The van der Waals surface area contributed by atoms with Crippen molar-refractivity contribution in [3.63, 3.8) is 0 Å². The van der Waals surface area contributed by atoms with E-state index in [0.717, 1.165) is 39.9 Å². The van der Waals surface area contributed by atoms with Gasteiger partial charge in [-0.05, 0) is 71.9 Å². The highest BCUT2D eigenvalue weighted by Crippen LogP contribution is 2.33. The minimum atomic E-state index is -1.28. The molecule has 4 rings (SSSR count). The largest absolute Gasteiger partial charge is 0.598 e. The van der Waals surface area contributed by atoms with Crippen molar-refractivity contribution in [3.8, 4) is 17.3 Å². The van der Waals surface area contributed by atoms with E-state index in [0.29, 0.717) is 30.4 Å². The van der Waals surface area contributed by atoms with E-state index in [9.17, 15) is 9.35 Å². The molecule has 0 bridgehead atoms. The number of nitrogens with zero attached hydrogens (tertiary/aromatic N) is 4. The molecule has 12 heteroatoms. The number of carbonyl (C=O) groups is 1. The molecule has 0 unspecified atom stereocenters. The van der Waals surface area contributed by atoms with Crippen molar-refractivity contribution in [2.45, 2.75) is 84.7 Å². The molecule has 4 aromatic heterocycles. The Morgan fingerprint density at radius 1 is 1.16 bits per heavy atom. The molecule has 0 fully saturated rings. The molecule has 4 heterocycles. The molecule has 0 spiro atoms. The van der Waals surface area contributed by atoms with Crippen LogP contribution in [0.4, 0.5) is 0 Å². The highest BCUT2D eigenvalue weighted by molar-refractivity contribution is 7.90. The lowest BCUT2D eigenvalue weighted by molar-refractivity contribution is 0.0525. The van der Waals surface area contributed by atoms with E-state index >= 15 is 0 Å². The minimum absolute atomic E-state index is 0.230. The maximum Gasteiger partial charge on any atom is 0.338 e. The van der Waals surface area contributed by atoms with Gasteiger partial charge in [0, 0.05) is 37.5 Å². The summed E-state index contributed by atoms with van der Waals surface area (Å²) in [4.78, 5) is 22.6. The first-order valence-corrected chi connectivity index (χ1v) is 19.5. The minimum Gasteiger partial charge on any atom is -0.598 e. The first kappa shape index (κ1) is 33.0. The average Bonchev–Trinajstić information content (AvgIpc) is 3.46. The van der Waals surface area contributed by atoms with Gasteiger partial charge in [0.2, 0.25) is 0 Å². The van der Waals surface area contributed by atoms with E-state index in [-0.39, 0.29) is 12.6 Å². The zero-order valence-electron chi connectivity index (χ0n) is 27.0. The summed E-state index contributed by atoms with van der Waals surface area (Å²) in [6, 6.07) is 10.3. The summed E-state index contributed by atoms with van der Waals surface area (Å²) in [7, 11) is 0.286. The number of nitrogens with one attached hydrogen (secondary N) is 1. The van der Waals surface area contributed by atoms with Gasteiger partial charge in [-0.25, -0.2) is 14.8 Å². The number of rotatable bonds is 12. The van der Waals surface area contributed by atoms with Crippen LogP contribution >= 0.6 is 0 Å². The molecule has 43 heavy (non-hydrogen) atoms. The standard InChI is InChI=1S/C31H45N5O5SSi/c1-11-41-30(37)23-17-26-33-28(21(3)36(26)27(18-23)39-7)25-16-22-12-13-24(20(2)34-42(38)31(4,5)6)32-29(22)35(25)19-40-14-15-43(8,9)10/h12-13,16-18,20,34H,11,14-15,19H2,1-10H3/t20-,42+/m1/s1. The van der Waals surface area contributed by atoms with Crippen molar-refractivity contribution in [3.05, 3.63) is 47.3 Å². The first-order valence-electron chi connectivity index (χ1n) is 14.6. The van der Waals surface area contributed by atoms with Crippen molar-refractivity contribution in [2.24, 2.45) is 0 Å². The second kappa shape index (κ2) is 13.0. The first-order chi connectivity index (χ1) is 20.1. The molecule has 0 aliphatic carbocycles. The van der Waals surface area contributed by atoms with Gasteiger partial charge in [-0.3, -0.25) is 8.97 Å². The van der Waals surface area contributed by atoms with Crippen LogP contribution in [0.1, 0.15) is 62.4 Å². The second-order valence-corrected chi connectivity index (χ2v) is 20.5. The maximum absolute atomic E-state index is 12.8. The van der Waals surface area contributed by atoms with E-state index in [2.05, 4.69) is 30.4 Å². The zero-order valence-corrected chi connectivity index (χ0v) is 28.8. The van der Waals surface area contributed by atoms with Crippen LogP contribution in [0.5, 0.6) is 5.88 Å². The molecular formula is C31H45N5O5SSi. The Labute approximate surface area is 258 Å². The van der Waals surface area contributed by atoms with Crippen LogP contribution in [-0.2, 0) is 27.6 Å². The summed E-state index contributed by atoms with van der Waals surface area (Å²) < 4.78 is 36.7. The Morgan fingerprint density at radius 2 is 1.88 bits per heavy atom. The summed E-state index contributed by atoms with van der Waals surface area (Å²) in [5.41, 5.74) is 4.90. The Hall–Kier alpha value is -2.90. The molecule has 0 aliphatic rings. The molecular weight excluding hydrogens is 583 g/mol. The molecule has 4 aromatic rings. The van der Waals surface area contributed by atoms with Gasteiger partial charge in [-0.2, -0.15) is 0 Å². The van der Waals surface area contributed by atoms with Crippen molar-refractivity contribution < 1.29 is 23.6 Å². The zero-order chi connectivity index (χ0) is 31.7. The fraction of sp³-hybridized carbons (Fsp3) is 0.516. The fourth-order valence-corrected chi connectivity index (χ4v) is 6.20. The molecule has 10 nitrogen and oxygen atoms in total. The van der Waals surface area contributed by atoms with Crippen molar-refractivity contribution >= 4 is 42.1 Å². The second-order valence-electron chi connectivity index (χ2n) is 12.9. The van der Waals surface area contributed by atoms with Crippen LogP contribution in [-0.4, -0.2) is 62.6 Å². The van der Waals surface area contributed by atoms with Gasteiger partial charge in [0.25, 0.3) is 0 Å².